The maximum Gasteiger partial charge on any atom is 0.263 e. The first-order valence-corrected chi connectivity index (χ1v) is 7.68. The molecule has 0 aliphatic carbocycles. The summed E-state index contributed by atoms with van der Waals surface area (Å²) in [5.41, 5.74) is 1.97. The summed E-state index contributed by atoms with van der Waals surface area (Å²) in [6.07, 6.45) is 1.75. The van der Waals surface area contributed by atoms with Crippen LogP contribution in [-0.2, 0) is 11.3 Å². The van der Waals surface area contributed by atoms with Crippen LogP contribution >= 0.6 is 23.4 Å². The van der Waals surface area contributed by atoms with Crippen LogP contribution in [-0.4, -0.2) is 5.91 Å². The highest BCUT2D eigenvalue weighted by Crippen LogP contribution is 2.37. The third kappa shape index (κ3) is 3.40. The zero-order valence-electron chi connectivity index (χ0n) is 11.1. The zero-order chi connectivity index (χ0) is 14.7. The van der Waals surface area contributed by atoms with E-state index in [1.165, 1.54) is 11.8 Å². The van der Waals surface area contributed by atoms with Gasteiger partial charge in [0.05, 0.1) is 10.6 Å². The Morgan fingerprint density at radius 2 is 1.90 bits per heavy atom. The highest BCUT2D eigenvalue weighted by molar-refractivity contribution is 8.04. The van der Waals surface area contributed by atoms with E-state index < -0.39 is 0 Å². The van der Waals surface area contributed by atoms with Crippen molar-refractivity contribution in [1.29, 1.82) is 0 Å². The van der Waals surface area contributed by atoms with Gasteiger partial charge in [-0.2, -0.15) is 0 Å². The normalized spacial score (nSPS) is 15.5. The molecule has 0 saturated carbocycles. The molecule has 2 aromatic carbocycles. The van der Waals surface area contributed by atoms with Crippen LogP contribution in [0.15, 0.2) is 64.5 Å². The fourth-order valence-electron chi connectivity index (χ4n) is 1.97. The van der Waals surface area contributed by atoms with Crippen molar-refractivity contribution in [3.05, 3.63) is 70.2 Å². The van der Waals surface area contributed by atoms with Crippen LogP contribution in [0.2, 0.25) is 5.02 Å². The Bertz CT molecular complexity index is 698. The molecule has 1 amide bonds. The minimum Gasteiger partial charge on any atom is -0.386 e. The number of anilines is 1. The number of para-hydroxylation sites is 1. The molecule has 0 fully saturated rings. The number of carbonyl (C=O) groups is 1. The van der Waals surface area contributed by atoms with Gasteiger partial charge in [0.15, 0.2) is 0 Å². The summed E-state index contributed by atoms with van der Waals surface area (Å²) in [6, 6.07) is 15.4. The van der Waals surface area contributed by atoms with Crippen molar-refractivity contribution in [3.63, 3.8) is 0 Å². The zero-order valence-corrected chi connectivity index (χ0v) is 12.7. The van der Waals surface area contributed by atoms with Crippen molar-refractivity contribution in [3.8, 4) is 0 Å². The maximum atomic E-state index is 12.0. The van der Waals surface area contributed by atoms with Gasteiger partial charge in [-0.15, -0.1) is 0 Å². The largest absolute Gasteiger partial charge is 0.386 e. The Balaban J connectivity index is 1.67. The fraction of sp³-hybridized carbons (Fsp3) is 0.0625. The molecule has 1 heterocycles. The van der Waals surface area contributed by atoms with E-state index in [1.54, 1.807) is 6.20 Å². The Morgan fingerprint density at radius 1 is 1.14 bits per heavy atom. The summed E-state index contributed by atoms with van der Waals surface area (Å²) in [7, 11) is 0. The van der Waals surface area contributed by atoms with Crippen LogP contribution in [0.4, 0.5) is 5.69 Å². The third-order valence-corrected chi connectivity index (χ3v) is 4.38. The van der Waals surface area contributed by atoms with Gasteiger partial charge < -0.3 is 10.6 Å². The molecule has 21 heavy (non-hydrogen) atoms. The number of amides is 1. The van der Waals surface area contributed by atoms with Crippen LogP contribution in [0.3, 0.4) is 0 Å². The molecular weight excluding hydrogens is 304 g/mol. The van der Waals surface area contributed by atoms with Gasteiger partial charge in [-0.25, -0.2) is 0 Å². The lowest BCUT2D eigenvalue weighted by molar-refractivity contribution is -0.112. The van der Waals surface area contributed by atoms with Crippen LogP contribution in [0.1, 0.15) is 5.56 Å². The summed E-state index contributed by atoms with van der Waals surface area (Å²) >= 11 is 7.31. The minimum absolute atomic E-state index is 0.0812. The molecule has 5 heteroatoms. The van der Waals surface area contributed by atoms with Crippen molar-refractivity contribution in [2.45, 2.75) is 11.4 Å². The van der Waals surface area contributed by atoms with E-state index in [1.807, 2.05) is 48.5 Å². The standard InChI is InChI=1S/C16H13ClN2OS/c17-12-7-5-11(6-8-12)9-18-10-15-16(20)19-13-3-1-2-4-14(13)21-15/h1-8,10,18H,9H2,(H,19,20)/b15-10+. The lowest BCUT2D eigenvalue weighted by Crippen LogP contribution is -2.19. The quantitative estimate of drug-likeness (QED) is 0.840. The van der Waals surface area contributed by atoms with E-state index in [-0.39, 0.29) is 5.91 Å². The number of hydrogen-bond acceptors (Lipinski definition) is 3. The SMILES string of the molecule is O=C1Nc2ccccc2S/C1=C/NCc1ccc(Cl)cc1. The molecule has 2 aromatic rings. The van der Waals surface area contributed by atoms with Gasteiger partial charge in [0.25, 0.3) is 5.91 Å². The van der Waals surface area contributed by atoms with E-state index >= 15 is 0 Å². The molecule has 0 aromatic heterocycles. The van der Waals surface area contributed by atoms with Crippen LogP contribution in [0.25, 0.3) is 0 Å². The highest BCUT2D eigenvalue weighted by atomic mass is 35.5. The number of halogens is 1. The van der Waals surface area contributed by atoms with Gasteiger partial charge in [0, 0.05) is 22.7 Å². The molecule has 1 aliphatic heterocycles. The van der Waals surface area contributed by atoms with Crippen LogP contribution < -0.4 is 10.6 Å². The summed E-state index contributed by atoms with van der Waals surface area (Å²) in [5.74, 6) is -0.0812. The molecule has 2 N–H and O–H groups in total. The van der Waals surface area contributed by atoms with Crippen molar-refractivity contribution < 1.29 is 4.79 Å². The Labute approximate surface area is 132 Å². The second-order valence-corrected chi connectivity index (χ2v) is 6.09. The molecule has 106 valence electrons. The van der Waals surface area contributed by atoms with Crippen LogP contribution in [0.5, 0.6) is 0 Å². The molecule has 0 bridgehead atoms. The number of nitrogens with one attached hydrogen (secondary N) is 2. The molecule has 0 unspecified atom stereocenters. The first kappa shape index (κ1) is 14.0. The first-order valence-electron chi connectivity index (χ1n) is 6.48. The molecule has 0 atom stereocenters. The predicted octanol–water partition coefficient (Wildman–Crippen LogP) is 4.02. The van der Waals surface area contributed by atoms with Crippen molar-refractivity contribution in [2.75, 3.05) is 5.32 Å². The minimum atomic E-state index is -0.0812. The molecule has 0 spiro atoms. The average Bonchev–Trinajstić information content (AvgIpc) is 2.50. The lowest BCUT2D eigenvalue weighted by Gasteiger charge is -2.18. The Hall–Kier alpha value is -1.91. The third-order valence-electron chi connectivity index (χ3n) is 3.03. The summed E-state index contributed by atoms with van der Waals surface area (Å²) < 4.78 is 0. The summed E-state index contributed by atoms with van der Waals surface area (Å²) in [4.78, 5) is 13.7. The molecule has 0 saturated heterocycles. The van der Waals surface area contributed by atoms with E-state index in [9.17, 15) is 4.79 Å². The number of fused-ring (bicyclic) bond motifs is 1. The summed E-state index contributed by atoms with van der Waals surface area (Å²) in [5, 5.41) is 6.76. The molecule has 1 aliphatic rings. The van der Waals surface area contributed by atoms with Crippen molar-refractivity contribution >= 4 is 35.0 Å². The molecule has 3 nitrogen and oxygen atoms in total. The topological polar surface area (TPSA) is 41.1 Å². The number of thioether (sulfide) groups is 1. The summed E-state index contributed by atoms with van der Waals surface area (Å²) in [6.45, 7) is 0.649. The van der Waals surface area contributed by atoms with Gasteiger partial charge in [-0.05, 0) is 29.8 Å². The molecule has 3 rings (SSSR count). The molecule has 0 radical (unpaired) electrons. The van der Waals surface area contributed by atoms with Gasteiger partial charge in [0.1, 0.15) is 0 Å². The Kier molecular flexibility index (Phi) is 4.18. The molecular formula is C16H13ClN2OS. The number of rotatable bonds is 3. The average molecular weight is 317 g/mol. The van der Waals surface area contributed by atoms with E-state index in [4.69, 9.17) is 11.6 Å². The van der Waals surface area contributed by atoms with Crippen LogP contribution in [0, 0.1) is 0 Å². The second kappa shape index (κ2) is 6.24. The monoisotopic (exact) mass is 316 g/mol. The lowest BCUT2D eigenvalue weighted by atomic mass is 10.2. The number of carbonyl (C=O) groups excluding carboxylic acids is 1. The van der Waals surface area contributed by atoms with Gasteiger partial charge in [0.2, 0.25) is 0 Å². The first-order chi connectivity index (χ1) is 10.2. The maximum absolute atomic E-state index is 12.0. The smallest absolute Gasteiger partial charge is 0.263 e. The predicted molar refractivity (Wildman–Crippen MR) is 87.3 cm³/mol. The van der Waals surface area contributed by atoms with Crippen molar-refractivity contribution in [2.24, 2.45) is 0 Å². The fourth-order valence-corrected chi connectivity index (χ4v) is 2.99. The van der Waals surface area contributed by atoms with E-state index in [0.717, 1.165) is 21.2 Å². The van der Waals surface area contributed by atoms with Crippen molar-refractivity contribution in [1.82, 2.24) is 5.32 Å². The number of benzene rings is 2. The second-order valence-electron chi connectivity index (χ2n) is 4.57. The van der Waals surface area contributed by atoms with Gasteiger partial charge in [-0.1, -0.05) is 47.6 Å². The van der Waals surface area contributed by atoms with E-state index in [2.05, 4.69) is 10.6 Å². The Morgan fingerprint density at radius 3 is 2.71 bits per heavy atom. The van der Waals surface area contributed by atoms with Gasteiger partial charge >= 0.3 is 0 Å². The highest BCUT2D eigenvalue weighted by Gasteiger charge is 2.20. The van der Waals surface area contributed by atoms with Gasteiger partial charge in [-0.3, -0.25) is 4.79 Å². The van der Waals surface area contributed by atoms with E-state index in [0.29, 0.717) is 11.4 Å². The number of hydrogen-bond donors (Lipinski definition) is 2.